The van der Waals surface area contributed by atoms with E-state index in [1.165, 1.54) is 0 Å². The van der Waals surface area contributed by atoms with Gasteiger partial charge in [0.05, 0.1) is 18.5 Å². The molecule has 0 unspecified atom stereocenters. The molecule has 0 spiro atoms. The summed E-state index contributed by atoms with van der Waals surface area (Å²) >= 11 is 0. The van der Waals surface area contributed by atoms with Gasteiger partial charge >= 0.3 is 0 Å². The normalized spacial score (nSPS) is 10.4. The smallest absolute Gasteiger partial charge is 0.127 e. The van der Waals surface area contributed by atoms with E-state index in [-0.39, 0.29) is 6.61 Å². The summed E-state index contributed by atoms with van der Waals surface area (Å²) in [6.07, 6.45) is 1.69. The molecule has 0 aliphatic rings. The number of hydrogen-bond acceptors (Lipinski definition) is 4. The molecule has 0 saturated heterocycles. The Morgan fingerprint density at radius 2 is 1.65 bits per heavy atom. The first kappa shape index (κ1) is 12.4. The van der Waals surface area contributed by atoms with Gasteiger partial charge in [0.15, 0.2) is 0 Å². The van der Waals surface area contributed by atoms with Crippen LogP contribution in [0, 0.1) is 0 Å². The molecule has 5 nitrogen and oxygen atoms in total. The van der Waals surface area contributed by atoms with Gasteiger partial charge in [0.25, 0.3) is 0 Å². The number of ether oxygens (including phenoxy) is 1. The Kier molecular flexibility index (Phi) is 3.43. The van der Waals surface area contributed by atoms with Crippen molar-refractivity contribution >= 4 is 0 Å². The standard InChI is InChI=1S/C15H13N3O2/c19-11-12-10-18(17-16-12)13-6-8-15(9-7-13)20-14-4-2-1-3-5-14/h1-10,19H,11H2. The molecular weight excluding hydrogens is 254 g/mol. The summed E-state index contributed by atoms with van der Waals surface area (Å²) in [5, 5.41) is 16.7. The molecule has 0 radical (unpaired) electrons. The molecule has 100 valence electrons. The van der Waals surface area contributed by atoms with E-state index in [0.717, 1.165) is 17.2 Å². The Labute approximate surface area is 116 Å². The summed E-state index contributed by atoms with van der Waals surface area (Å²) in [4.78, 5) is 0. The third-order valence-electron chi connectivity index (χ3n) is 2.78. The highest BCUT2D eigenvalue weighted by Gasteiger charge is 2.02. The summed E-state index contributed by atoms with van der Waals surface area (Å²) in [7, 11) is 0. The number of para-hydroxylation sites is 1. The van der Waals surface area contributed by atoms with E-state index in [1.807, 2.05) is 54.6 Å². The molecule has 3 rings (SSSR count). The highest BCUT2D eigenvalue weighted by atomic mass is 16.5. The van der Waals surface area contributed by atoms with E-state index in [4.69, 9.17) is 9.84 Å². The van der Waals surface area contributed by atoms with E-state index >= 15 is 0 Å². The van der Waals surface area contributed by atoms with Crippen molar-refractivity contribution in [3.05, 3.63) is 66.5 Å². The predicted molar refractivity (Wildman–Crippen MR) is 73.8 cm³/mol. The van der Waals surface area contributed by atoms with Gasteiger partial charge in [-0.2, -0.15) is 0 Å². The molecule has 0 amide bonds. The van der Waals surface area contributed by atoms with E-state index in [2.05, 4.69) is 10.3 Å². The average Bonchev–Trinajstić information content (AvgIpc) is 2.98. The molecule has 2 aromatic carbocycles. The zero-order valence-electron chi connectivity index (χ0n) is 10.7. The van der Waals surface area contributed by atoms with Crippen LogP contribution in [0.3, 0.4) is 0 Å². The van der Waals surface area contributed by atoms with Crippen molar-refractivity contribution in [2.75, 3.05) is 0 Å². The SMILES string of the molecule is OCc1cn(-c2ccc(Oc3ccccc3)cc2)nn1. The van der Waals surface area contributed by atoms with Crippen LogP contribution in [-0.4, -0.2) is 20.1 Å². The van der Waals surface area contributed by atoms with Crippen LogP contribution < -0.4 is 4.74 Å². The number of aliphatic hydroxyl groups excluding tert-OH is 1. The Morgan fingerprint density at radius 1 is 0.950 bits per heavy atom. The van der Waals surface area contributed by atoms with Crippen molar-refractivity contribution in [2.24, 2.45) is 0 Å². The highest BCUT2D eigenvalue weighted by molar-refractivity contribution is 5.38. The summed E-state index contributed by atoms with van der Waals surface area (Å²) < 4.78 is 7.32. The second-order valence-corrected chi connectivity index (χ2v) is 4.22. The lowest BCUT2D eigenvalue weighted by molar-refractivity contribution is 0.276. The Balaban J connectivity index is 1.77. The van der Waals surface area contributed by atoms with Gasteiger partial charge in [-0.3, -0.25) is 0 Å². The minimum Gasteiger partial charge on any atom is -0.457 e. The van der Waals surface area contributed by atoms with Crippen molar-refractivity contribution in [1.82, 2.24) is 15.0 Å². The lowest BCUT2D eigenvalue weighted by Crippen LogP contribution is -1.94. The molecule has 0 saturated carbocycles. The second-order valence-electron chi connectivity index (χ2n) is 4.22. The zero-order chi connectivity index (χ0) is 13.8. The van der Waals surface area contributed by atoms with Crippen LogP contribution in [0.1, 0.15) is 5.69 Å². The van der Waals surface area contributed by atoms with Gasteiger partial charge < -0.3 is 9.84 Å². The van der Waals surface area contributed by atoms with Crippen LogP contribution in [0.4, 0.5) is 0 Å². The van der Waals surface area contributed by atoms with Crippen molar-refractivity contribution < 1.29 is 9.84 Å². The summed E-state index contributed by atoms with van der Waals surface area (Å²) in [6.45, 7) is -0.116. The van der Waals surface area contributed by atoms with Crippen LogP contribution in [0.2, 0.25) is 0 Å². The van der Waals surface area contributed by atoms with Crippen molar-refractivity contribution in [3.63, 3.8) is 0 Å². The monoisotopic (exact) mass is 267 g/mol. The minimum absolute atomic E-state index is 0.116. The molecule has 0 bridgehead atoms. The molecule has 1 N–H and O–H groups in total. The topological polar surface area (TPSA) is 60.2 Å². The molecule has 1 heterocycles. The number of aromatic nitrogens is 3. The number of benzene rings is 2. The van der Waals surface area contributed by atoms with E-state index in [9.17, 15) is 0 Å². The molecule has 20 heavy (non-hydrogen) atoms. The fraction of sp³-hybridized carbons (Fsp3) is 0.0667. The van der Waals surface area contributed by atoms with Gasteiger partial charge in [0, 0.05) is 0 Å². The zero-order valence-corrected chi connectivity index (χ0v) is 10.7. The van der Waals surface area contributed by atoms with Crippen molar-refractivity contribution in [2.45, 2.75) is 6.61 Å². The van der Waals surface area contributed by atoms with Crippen molar-refractivity contribution in [1.29, 1.82) is 0 Å². The number of nitrogens with zero attached hydrogens (tertiary/aromatic N) is 3. The van der Waals surface area contributed by atoms with E-state index in [0.29, 0.717) is 5.69 Å². The number of aliphatic hydroxyl groups is 1. The van der Waals surface area contributed by atoms with Crippen molar-refractivity contribution in [3.8, 4) is 17.2 Å². The first-order chi connectivity index (χ1) is 9.85. The maximum atomic E-state index is 8.97. The predicted octanol–water partition coefficient (Wildman–Crippen LogP) is 2.55. The fourth-order valence-electron chi connectivity index (χ4n) is 1.79. The molecule has 3 aromatic rings. The lowest BCUT2D eigenvalue weighted by Gasteiger charge is -2.06. The maximum Gasteiger partial charge on any atom is 0.127 e. The Bertz CT molecular complexity index is 678. The number of hydrogen-bond donors (Lipinski definition) is 1. The first-order valence-electron chi connectivity index (χ1n) is 6.20. The molecule has 0 fully saturated rings. The quantitative estimate of drug-likeness (QED) is 0.789. The lowest BCUT2D eigenvalue weighted by atomic mass is 10.3. The van der Waals surface area contributed by atoms with Gasteiger partial charge in [-0.05, 0) is 36.4 Å². The molecule has 0 aliphatic heterocycles. The first-order valence-corrected chi connectivity index (χ1v) is 6.20. The molecule has 0 atom stereocenters. The highest BCUT2D eigenvalue weighted by Crippen LogP contribution is 2.22. The van der Waals surface area contributed by atoms with Gasteiger partial charge in [-0.25, -0.2) is 4.68 Å². The van der Waals surface area contributed by atoms with Gasteiger partial charge in [0.1, 0.15) is 17.2 Å². The van der Waals surface area contributed by atoms with E-state index < -0.39 is 0 Å². The summed E-state index contributed by atoms with van der Waals surface area (Å²) in [5.74, 6) is 1.55. The van der Waals surface area contributed by atoms with Crippen LogP contribution in [-0.2, 0) is 6.61 Å². The van der Waals surface area contributed by atoms with E-state index in [1.54, 1.807) is 10.9 Å². The van der Waals surface area contributed by atoms with Crippen LogP contribution in [0.5, 0.6) is 11.5 Å². The fourth-order valence-corrected chi connectivity index (χ4v) is 1.79. The summed E-state index contributed by atoms with van der Waals surface area (Å²) in [6, 6.07) is 17.1. The third kappa shape index (κ3) is 2.67. The molecular formula is C15H13N3O2. The van der Waals surface area contributed by atoms with Gasteiger partial charge in [-0.1, -0.05) is 23.4 Å². The Hall–Kier alpha value is -2.66. The number of rotatable bonds is 4. The average molecular weight is 267 g/mol. The largest absolute Gasteiger partial charge is 0.457 e. The van der Waals surface area contributed by atoms with Crippen LogP contribution >= 0.6 is 0 Å². The van der Waals surface area contributed by atoms with Gasteiger partial charge in [-0.15, -0.1) is 5.10 Å². The third-order valence-corrected chi connectivity index (χ3v) is 2.78. The van der Waals surface area contributed by atoms with Gasteiger partial charge in [0.2, 0.25) is 0 Å². The molecule has 0 aliphatic carbocycles. The molecule has 5 heteroatoms. The molecule has 1 aromatic heterocycles. The Morgan fingerprint density at radius 3 is 2.30 bits per heavy atom. The van der Waals surface area contributed by atoms with Crippen LogP contribution in [0.25, 0.3) is 5.69 Å². The van der Waals surface area contributed by atoms with Crippen LogP contribution in [0.15, 0.2) is 60.8 Å². The second kappa shape index (κ2) is 5.54. The summed E-state index contributed by atoms with van der Waals surface area (Å²) in [5.41, 5.74) is 1.40. The minimum atomic E-state index is -0.116. The maximum absolute atomic E-state index is 8.97.